The van der Waals surface area contributed by atoms with Crippen LogP contribution in [0.1, 0.15) is 82.0 Å². The highest BCUT2D eigenvalue weighted by atomic mass is 32.2. The lowest BCUT2D eigenvalue weighted by Crippen LogP contribution is -2.64. The van der Waals surface area contributed by atoms with Gasteiger partial charge in [0.1, 0.15) is 12.5 Å². The molecule has 216 valence electrons. The Morgan fingerprint density at radius 1 is 1.10 bits per heavy atom. The van der Waals surface area contributed by atoms with E-state index in [0.29, 0.717) is 25.9 Å². The van der Waals surface area contributed by atoms with Crippen molar-refractivity contribution in [2.45, 2.75) is 103 Å². The molecule has 0 amide bonds. The Hall–Kier alpha value is -1.98. The Bertz CT molecular complexity index is 1190. The fourth-order valence-electron chi connectivity index (χ4n) is 6.84. The first-order valence-corrected chi connectivity index (χ1v) is 16.0. The van der Waals surface area contributed by atoms with Crippen LogP contribution in [0.25, 0.3) is 0 Å². The van der Waals surface area contributed by atoms with E-state index < -0.39 is 21.6 Å². The molecule has 2 aliphatic heterocycles. The molecule has 6 atom stereocenters. The molecule has 39 heavy (non-hydrogen) atoms. The Balaban J connectivity index is 1.51. The summed E-state index contributed by atoms with van der Waals surface area (Å²) in [6.45, 7) is 12.4. The van der Waals surface area contributed by atoms with Gasteiger partial charge in [0.2, 0.25) is 10.0 Å². The molecule has 10 heteroatoms. The predicted molar refractivity (Wildman–Crippen MR) is 155 cm³/mol. The molecule has 2 aromatic rings. The maximum Gasteiger partial charge on any atom is 0.216 e. The summed E-state index contributed by atoms with van der Waals surface area (Å²) in [6.07, 6.45) is 7.84. The number of benzene rings is 1. The van der Waals surface area contributed by atoms with Gasteiger partial charge in [-0.05, 0) is 67.6 Å². The summed E-state index contributed by atoms with van der Waals surface area (Å²) in [4.78, 5) is 2.42. The number of fused-ring (bicyclic) bond motifs is 4. The number of ether oxygens (including phenoxy) is 1. The highest BCUT2D eigenvalue weighted by molar-refractivity contribution is 7.90. The molecule has 3 heterocycles. The Morgan fingerprint density at radius 2 is 1.87 bits per heavy atom. The van der Waals surface area contributed by atoms with Crippen LogP contribution in [0.15, 0.2) is 30.6 Å². The number of hydrogen-bond acceptors (Lipinski definition) is 7. The third kappa shape index (κ3) is 6.85. The van der Waals surface area contributed by atoms with E-state index in [-0.39, 0.29) is 29.6 Å². The average Bonchev–Trinajstić information content (AvgIpc) is 3.39. The molecule has 1 aromatic heterocycles. The summed E-state index contributed by atoms with van der Waals surface area (Å²) in [5.74, 6) is 0.279. The normalized spacial score (nSPS) is 32.1. The van der Waals surface area contributed by atoms with Crippen LogP contribution in [0.2, 0.25) is 0 Å². The number of nitrogens with zero attached hydrogens (tertiary/aromatic N) is 2. The lowest BCUT2D eigenvalue weighted by Gasteiger charge is -2.41. The number of H-pyrrole nitrogens is 1. The van der Waals surface area contributed by atoms with Crippen LogP contribution < -0.4 is 20.3 Å². The summed E-state index contributed by atoms with van der Waals surface area (Å²) in [7, 11) is -3.55. The zero-order valence-electron chi connectivity index (χ0n) is 24.0. The van der Waals surface area contributed by atoms with Gasteiger partial charge in [-0.25, -0.2) is 8.42 Å². The van der Waals surface area contributed by atoms with Crippen LogP contribution in [-0.2, 0) is 14.8 Å². The van der Waals surface area contributed by atoms with Gasteiger partial charge in [0, 0.05) is 25.2 Å². The fourth-order valence-corrected chi connectivity index (χ4v) is 8.49. The Labute approximate surface area is 233 Å². The largest absolute Gasteiger partial charge is 0.363 e. The van der Waals surface area contributed by atoms with Crippen molar-refractivity contribution in [1.82, 2.24) is 25.6 Å². The van der Waals surface area contributed by atoms with E-state index in [1.54, 1.807) is 0 Å². The third-order valence-electron chi connectivity index (χ3n) is 8.57. The van der Waals surface area contributed by atoms with Gasteiger partial charge in [0.05, 0.1) is 29.8 Å². The van der Waals surface area contributed by atoms with Crippen molar-refractivity contribution in [1.29, 1.82) is 0 Å². The monoisotopic (exact) mass is 558 g/mol. The molecule has 3 aliphatic rings. The van der Waals surface area contributed by atoms with Crippen molar-refractivity contribution in [3.05, 3.63) is 47.3 Å². The van der Waals surface area contributed by atoms with Crippen molar-refractivity contribution >= 4 is 15.7 Å². The molecule has 0 spiro atoms. The van der Waals surface area contributed by atoms with Gasteiger partial charge < -0.3 is 9.64 Å². The molecule has 1 saturated carbocycles. The summed E-state index contributed by atoms with van der Waals surface area (Å²) in [5.41, 5.74) is 4.73. The minimum Gasteiger partial charge on any atom is -0.363 e. The lowest BCUT2D eigenvalue weighted by molar-refractivity contribution is -0.0260. The maximum atomic E-state index is 13.7. The summed E-state index contributed by atoms with van der Waals surface area (Å²) < 4.78 is 37.0. The summed E-state index contributed by atoms with van der Waals surface area (Å²) in [5, 5.41) is 13.8. The van der Waals surface area contributed by atoms with E-state index >= 15 is 0 Å². The fraction of sp³-hybridized carbons (Fsp3) is 0.690. The van der Waals surface area contributed by atoms with Crippen LogP contribution in [-0.4, -0.2) is 55.6 Å². The van der Waals surface area contributed by atoms with E-state index in [0.717, 1.165) is 31.5 Å². The van der Waals surface area contributed by atoms with E-state index in [1.807, 2.05) is 12.4 Å². The minimum absolute atomic E-state index is 0.0413. The quantitative estimate of drug-likeness (QED) is 0.449. The van der Waals surface area contributed by atoms with Crippen molar-refractivity contribution in [3.63, 3.8) is 0 Å². The number of hydrogen-bond donors (Lipinski definition) is 4. The number of nitrogens with one attached hydrogen (secondary N) is 4. The maximum absolute atomic E-state index is 13.7. The van der Waals surface area contributed by atoms with Gasteiger partial charge in [0.15, 0.2) is 0 Å². The first-order valence-electron chi connectivity index (χ1n) is 14.4. The molecule has 1 aliphatic carbocycles. The first-order chi connectivity index (χ1) is 18.5. The van der Waals surface area contributed by atoms with Gasteiger partial charge in [-0.3, -0.25) is 15.7 Å². The molecule has 3 fully saturated rings. The number of aromatic nitrogens is 2. The third-order valence-corrected chi connectivity index (χ3v) is 10.4. The molecule has 1 aromatic carbocycles. The van der Waals surface area contributed by atoms with Gasteiger partial charge in [-0.1, -0.05) is 45.4 Å². The zero-order valence-corrected chi connectivity index (χ0v) is 24.9. The van der Waals surface area contributed by atoms with Crippen molar-refractivity contribution in [2.75, 3.05) is 18.1 Å². The van der Waals surface area contributed by atoms with Crippen LogP contribution in [0.3, 0.4) is 0 Å². The predicted octanol–water partition coefficient (Wildman–Crippen LogP) is 4.08. The molecule has 4 bridgehead atoms. The lowest BCUT2D eigenvalue weighted by atomic mass is 9.85. The SMILES string of the molecule is Cc1cccc(C)c1C1CC2NC(N1)NS(=O)(=O)C1CCCC(C1)CN(c1cn[nH]c1)[C@H](CC(C)(C)C)CO2. The van der Waals surface area contributed by atoms with Gasteiger partial charge in [0.25, 0.3) is 0 Å². The van der Waals surface area contributed by atoms with E-state index in [9.17, 15) is 8.42 Å². The smallest absolute Gasteiger partial charge is 0.216 e. The molecule has 2 saturated heterocycles. The topological polar surface area (TPSA) is 111 Å². The zero-order chi connectivity index (χ0) is 27.8. The van der Waals surface area contributed by atoms with E-state index in [4.69, 9.17) is 4.74 Å². The molecule has 0 radical (unpaired) electrons. The van der Waals surface area contributed by atoms with Gasteiger partial charge in [-0.15, -0.1) is 0 Å². The first kappa shape index (κ1) is 28.5. The highest BCUT2D eigenvalue weighted by Gasteiger charge is 2.39. The highest BCUT2D eigenvalue weighted by Crippen LogP contribution is 2.35. The standard InChI is InChI=1S/C29H46N6O3S/c1-19-8-6-9-20(2)27(19)25-13-26-33-28(32-25)34-39(36,37)24-11-7-10-21(12-24)17-35(23-15-30-31-16-23)22(18-38-26)14-29(3,4)5/h6,8-9,15-16,21-22,24-26,28,32-34H,7,10-14,17-18H2,1-5H3,(H,30,31)/t21?,22-,24?,25?,26?,28?/m1/s1. The minimum atomic E-state index is -3.55. The number of aromatic amines is 1. The number of sulfonamides is 1. The van der Waals surface area contributed by atoms with Crippen molar-refractivity contribution in [2.24, 2.45) is 11.3 Å². The summed E-state index contributed by atoms with van der Waals surface area (Å²) >= 11 is 0. The van der Waals surface area contributed by atoms with Crippen LogP contribution >= 0.6 is 0 Å². The van der Waals surface area contributed by atoms with Crippen molar-refractivity contribution < 1.29 is 13.2 Å². The van der Waals surface area contributed by atoms with E-state index in [1.165, 1.54) is 16.7 Å². The Morgan fingerprint density at radius 3 is 2.56 bits per heavy atom. The van der Waals surface area contributed by atoms with Crippen LogP contribution in [0.4, 0.5) is 5.69 Å². The number of aryl methyl sites for hydroxylation is 2. The molecular weight excluding hydrogens is 512 g/mol. The van der Waals surface area contributed by atoms with Crippen LogP contribution in [0, 0.1) is 25.2 Å². The second kappa shape index (κ2) is 11.5. The number of anilines is 1. The molecule has 5 rings (SSSR count). The van der Waals surface area contributed by atoms with Gasteiger partial charge in [-0.2, -0.15) is 9.82 Å². The van der Waals surface area contributed by atoms with Gasteiger partial charge >= 0.3 is 0 Å². The van der Waals surface area contributed by atoms with E-state index in [2.05, 4.69) is 83.3 Å². The Kier molecular flexibility index (Phi) is 8.41. The molecule has 4 N–H and O–H groups in total. The number of rotatable bonds is 3. The second-order valence-corrected chi connectivity index (χ2v) is 15.0. The molecule has 5 unspecified atom stereocenters. The summed E-state index contributed by atoms with van der Waals surface area (Å²) in [6, 6.07) is 6.39. The molecular formula is C29H46N6O3S. The molecule has 9 nitrogen and oxygen atoms in total. The van der Waals surface area contributed by atoms with Crippen LogP contribution in [0.5, 0.6) is 0 Å². The second-order valence-electron chi connectivity index (χ2n) is 13.0. The van der Waals surface area contributed by atoms with Crippen molar-refractivity contribution in [3.8, 4) is 0 Å². The average molecular weight is 559 g/mol.